The third kappa shape index (κ3) is 2.50. The average Bonchev–Trinajstić information content (AvgIpc) is 3.14. The molecule has 0 aromatic heterocycles. The lowest BCUT2D eigenvalue weighted by Crippen LogP contribution is -2.50. The number of hydrogen-bond donors (Lipinski definition) is 1. The summed E-state index contributed by atoms with van der Waals surface area (Å²) < 4.78 is 0. The van der Waals surface area contributed by atoms with Gasteiger partial charge in [-0.25, -0.2) is 4.79 Å². The normalized spacial score (nSPS) is 27.5. The third-order valence-electron chi connectivity index (χ3n) is 5.83. The summed E-state index contributed by atoms with van der Waals surface area (Å²) >= 11 is 0. The van der Waals surface area contributed by atoms with Gasteiger partial charge in [0.05, 0.1) is 11.1 Å². The molecule has 1 aromatic rings. The zero-order valence-corrected chi connectivity index (χ0v) is 14.3. The van der Waals surface area contributed by atoms with Crippen LogP contribution in [0.5, 0.6) is 0 Å². The lowest BCUT2D eigenvalue weighted by Gasteiger charge is -2.33. The molecule has 0 spiro atoms. The Labute approximate surface area is 150 Å². The second kappa shape index (κ2) is 6.23. The highest BCUT2D eigenvalue weighted by Gasteiger charge is 2.48. The molecule has 0 bridgehead atoms. The molecular weight excluding hydrogens is 336 g/mol. The fourth-order valence-corrected chi connectivity index (χ4v) is 4.64. The van der Waals surface area contributed by atoms with Crippen LogP contribution in [0.15, 0.2) is 24.3 Å². The minimum Gasteiger partial charge on any atom is -0.480 e. The number of carboxylic acids is 1. The Morgan fingerprint density at radius 3 is 2.27 bits per heavy atom. The standard InChI is InChI=1S/C19H20N2O5/c22-16(10-20-17(23)12-6-2-3-7-13(12)18(20)24)21-14-8-4-1-5-11(14)9-15(21)19(25)26/h2-3,6-7,11,14-15H,1,4-5,8-10H2,(H,25,26). The second-order valence-electron chi connectivity index (χ2n) is 7.24. The minimum atomic E-state index is -1.02. The summed E-state index contributed by atoms with van der Waals surface area (Å²) in [4.78, 5) is 51.9. The van der Waals surface area contributed by atoms with Gasteiger partial charge in [-0.15, -0.1) is 0 Å². The molecule has 2 fully saturated rings. The van der Waals surface area contributed by atoms with Crippen LogP contribution in [0.2, 0.25) is 0 Å². The summed E-state index contributed by atoms with van der Waals surface area (Å²) in [5.74, 6) is -2.28. The maximum Gasteiger partial charge on any atom is 0.326 e. The lowest BCUT2D eigenvalue weighted by molar-refractivity contribution is -0.149. The summed E-state index contributed by atoms with van der Waals surface area (Å²) in [6.07, 6.45) is 4.17. The van der Waals surface area contributed by atoms with Crippen molar-refractivity contribution in [2.75, 3.05) is 6.54 Å². The number of carbonyl (C=O) groups is 4. The molecule has 7 heteroatoms. The van der Waals surface area contributed by atoms with E-state index in [2.05, 4.69) is 0 Å². The van der Waals surface area contributed by atoms with Gasteiger partial charge in [-0.2, -0.15) is 0 Å². The topological polar surface area (TPSA) is 95.0 Å². The number of benzene rings is 1. The van der Waals surface area contributed by atoms with Crippen molar-refractivity contribution >= 4 is 23.7 Å². The molecule has 1 aliphatic carbocycles. The predicted molar refractivity (Wildman–Crippen MR) is 90.4 cm³/mol. The molecule has 1 N–H and O–H groups in total. The Morgan fingerprint density at radius 2 is 1.65 bits per heavy atom. The molecule has 2 heterocycles. The number of aliphatic carboxylic acids is 1. The Morgan fingerprint density at radius 1 is 1.04 bits per heavy atom. The van der Waals surface area contributed by atoms with Crippen molar-refractivity contribution in [1.29, 1.82) is 0 Å². The molecule has 3 amide bonds. The van der Waals surface area contributed by atoms with Crippen molar-refractivity contribution in [1.82, 2.24) is 9.80 Å². The number of fused-ring (bicyclic) bond motifs is 2. The lowest BCUT2D eigenvalue weighted by atomic mass is 9.85. The van der Waals surface area contributed by atoms with Gasteiger partial charge in [-0.3, -0.25) is 19.3 Å². The minimum absolute atomic E-state index is 0.104. The van der Waals surface area contributed by atoms with Gasteiger partial charge in [0.25, 0.3) is 11.8 Å². The molecule has 1 saturated carbocycles. The summed E-state index contributed by atoms with van der Waals surface area (Å²) in [6.45, 7) is -0.403. The number of rotatable bonds is 3. The summed E-state index contributed by atoms with van der Waals surface area (Å²) in [7, 11) is 0. The summed E-state index contributed by atoms with van der Waals surface area (Å²) in [6, 6.07) is 5.49. The monoisotopic (exact) mass is 356 g/mol. The van der Waals surface area contributed by atoms with Crippen molar-refractivity contribution in [3.8, 4) is 0 Å². The number of imide groups is 1. The van der Waals surface area contributed by atoms with E-state index in [4.69, 9.17) is 0 Å². The first-order chi connectivity index (χ1) is 12.5. The molecule has 136 valence electrons. The molecule has 3 unspecified atom stereocenters. The number of nitrogens with zero attached hydrogens (tertiary/aromatic N) is 2. The van der Waals surface area contributed by atoms with Crippen LogP contribution in [0.4, 0.5) is 0 Å². The Bertz CT molecular complexity index is 770. The molecule has 7 nitrogen and oxygen atoms in total. The van der Waals surface area contributed by atoms with Crippen LogP contribution in [0, 0.1) is 5.92 Å². The Kier molecular flexibility index (Phi) is 4.01. The van der Waals surface area contributed by atoms with E-state index < -0.39 is 36.3 Å². The van der Waals surface area contributed by atoms with E-state index in [0.717, 1.165) is 30.6 Å². The van der Waals surface area contributed by atoms with E-state index in [1.54, 1.807) is 24.3 Å². The van der Waals surface area contributed by atoms with Crippen LogP contribution in [0.25, 0.3) is 0 Å². The van der Waals surface area contributed by atoms with E-state index in [9.17, 15) is 24.3 Å². The van der Waals surface area contributed by atoms with Crippen molar-refractivity contribution in [2.45, 2.75) is 44.2 Å². The smallest absolute Gasteiger partial charge is 0.326 e. The van der Waals surface area contributed by atoms with E-state index in [1.807, 2.05) is 0 Å². The highest BCUT2D eigenvalue weighted by Crippen LogP contribution is 2.40. The maximum absolute atomic E-state index is 12.9. The zero-order valence-electron chi connectivity index (χ0n) is 14.3. The molecule has 1 aromatic carbocycles. The van der Waals surface area contributed by atoms with E-state index >= 15 is 0 Å². The number of likely N-dealkylation sites (tertiary alicyclic amines) is 1. The van der Waals surface area contributed by atoms with Crippen LogP contribution in [-0.4, -0.2) is 57.2 Å². The molecule has 2 aliphatic heterocycles. The largest absolute Gasteiger partial charge is 0.480 e. The summed E-state index contributed by atoms with van der Waals surface area (Å²) in [5, 5.41) is 9.55. The van der Waals surface area contributed by atoms with Gasteiger partial charge in [-0.1, -0.05) is 25.0 Å². The molecule has 0 radical (unpaired) electrons. The zero-order chi connectivity index (χ0) is 18.4. The highest BCUT2D eigenvalue weighted by molar-refractivity contribution is 6.22. The molecule has 26 heavy (non-hydrogen) atoms. The van der Waals surface area contributed by atoms with Crippen molar-refractivity contribution < 1.29 is 24.3 Å². The first kappa shape index (κ1) is 16.8. The van der Waals surface area contributed by atoms with E-state index in [1.165, 1.54) is 4.90 Å². The van der Waals surface area contributed by atoms with E-state index in [-0.39, 0.29) is 23.1 Å². The highest BCUT2D eigenvalue weighted by atomic mass is 16.4. The maximum atomic E-state index is 12.9. The Balaban J connectivity index is 1.57. The van der Waals surface area contributed by atoms with Gasteiger partial charge in [0.1, 0.15) is 12.6 Å². The Hall–Kier alpha value is -2.70. The second-order valence-corrected chi connectivity index (χ2v) is 7.24. The molecular formula is C19H20N2O5. The molecule has 3 aliphatic rings. The number of carboxylic acid groups (broad SMARTS) is 1. The van der Waals surface area contributed by atoms with Crippen LogP contribution >= 0.6 is 0 Å². The van der Waals surface area contributed by atoms with Gasteiger partial charge >= 0.3 is 5.97 Å². The van der Waals surface area contributed by atoms with Crippen molar-refractivity contribution in [2.24, 2.45) is 5.92 Å². The first-order valence-corrected chi connectivity index (χ1v) is 8.98. The number of hydrogen-bond acceptors (Lipinski definition) is 4. The van der Waals surface area contributed by atoms with Gasteiger partial charge in [0.2, 0.25) is 5.91 Å². The quantitative estimate of drug-likeness (QED) is 0.829. The third-order valence-corrected chi connectivity index (χ3v) is 5.83. The molecule has 4 rings (SSSR count). The van der Waals surface area contributed by atoms with Gasteiger partial charge in [0, 0.05) is 6.04 Å². The first-order valence-electron chi connectivity index (χ1n) is 8.98. The van der Waals surface area contributed by atoms with Crippen molar-refractivity contribution in [3.63, 3.8) is 0 Å². The predicted octanol–water partition coefficient (Wildman–Crippen LogP) is 1.53. The average molecular weight is 356 g/mol. The van der Waals surface area contributed by atoms with Gasteiger partial charge < -0.3 is 10.0 Å². The van der Waals surface area contributed by atoms with Crippen LogP contribution < -0.4 is 0 Å². The van der Waals surface area contributed by atoms with Gasteiger partial charge in [-0.05, 0) is 37.3 Å². The van der Waals surface area contributed by atoms with Crippen molar-refractivity contribution in [3.05, 3.63) is 35.4 Å². The number of amides is 3. The van der Waals surface area contributed by atoms with Crippen LogP contribution in [-0.2, 0) is 9.59 Å². The fourth-order valence-electron chi connectivity index (χ4n) is 4.64. The van der Waals surface area contributed by atoms with E-state index in [0.29, 0.717) is 6.42 Å². The molecule has 3 atom stereocenters. The SMILES string of the molecule is O=C(O)C1CC2CCCCC2N1C(=O)CN1C(=O)c2ccccc2C1=O. The number of carbonyl (C=O) groups excluding carboxylic acids is 3. The van der Waals surface area contributed by atoms with Gasteiger partial charge in [0.15, 0.2) is 0 Å². The van der Waals surface area contributed by atoms with Crippen LogP contribution in [0.3, 0.4) is 0 Å². The fraction of sp³-hybridized carbons (Fsp3) is 0.474. The summed E-state index contributed by atoms with van der Waals surface area (Å²) in [5.41, 5.74) is 0.578. The molecule has 1 saturated heterocycles. The van der Waals surface area contributed by atoms with Crippen LogP contribution in [0.1, 0.15) is 52.8 Å².